The van der Waals surface area contributed by atoms with Crippen molar-refractivity contribution < 1.29 is 14.3 Å². The lowest BCUT2D eigenvalue weighted by atomic mass is 10.1. The molecule has 0 unspecified atom stereocenters. The van der Waals surface area contributed by atoms with E-state index >= 15 is 0 Å². The number of rotatable bonds is 8. The van der Waals surface area contributed by atoms with E-state index in [1.165, 1.54) is 0 Å². The number of aromatic nitrogens is 1. The normalized spacial score (nSPS) is 10.7. The molecular formula is C23H26N2O3. The highest BCUT2D eigenvalue weighted by Gasteiger charge is 2.13. The van der Waals surface area contributed by atoms with Gasteiger partial charge in [-0.25, -0.2) is 4.98 Å². The molecule has 1 amide bonds. The van der Waals surface area contributed by atoms with E-state index in [9.17, 15) is 4.79 Å². The van der Waals surface area contributed by atoms with Gasteiger partial charge in [-0.3, -0.25) is 4.79 Å². The van der Waals surface area contributed by atoms with Gasteiger partial charge in [-0.15, -0.1) is 0 Å². The zero-order valence-corrected chi connectivity index (χ0v) is 16.6. The number of fused-ring (bicyclic) bond motifs is 1. The van der Waals surface area contributed by atoms with Gasteiger partial charge in [0.15, 0.2) is 0 Å². The summed E-state index contributed by atoms with van der Waals surface area (Å²) in [7, 11) is 1.64. The summed E-state index contributed by atoms with van der Waals surface area (Å²) in [5, 5.41) is 3.78. The summed E-state index contributed by atoms with van der Waals surface area (Å²) in [5.41, 5.74) is 3.15. The number of carbonyl (C=O) groups excluding carboxylic acids is 1. The SMILES string of the molecule is CCCCNC(=O)c1ccc2nc(-c3cccc(OC)c3)cc(OCC)c2c1. The molecule has 0 saturated carbocycles. The first-order valence-corrected chi connectivity index (χ1v) is 9.66. The minimum absolute atomic E-state index is 0.0744. The Morgan fingerprint density at radius 3 is 2.71 bits per heavy atom. The van der Waals surface area contributed by atoms with Gasteiger partial charge >= 0.3 is 0 Å². The first-order chi connectivity index (χ1) is 13.7. The fourth-order valence-electron chi connectivity index (χ4n) is 3.02. The van der Waals surface area contributed by atoms with E-state index in [0.717, 1.165) is 40.8 Å². The Balaban J connectivity index is 2.01. The second-order valence-electron chi connectivity index (χ2n) is 6.51. The molecule has 1 N–H and O–H groups in total. The standard InChI is InChI=1S/C23H26N2O3/c1-4-6-12-24-23(26)17-10-11-20-19(14-17)22(28-5-2)15-21(25-20)16-8-7-9-18(13-16)27-3/h7-11,13-15H,4-6,12H2,1-3H3,(H,24,26). The molecule has 0 radical (unpaired) electrons. The number of benzene rings is 2. The molecule has 2 aromatic carbocycles. The number of hydrogen-bond acceptors (Lipinski definition) is 4. The maximum absolute atomic E-state index is 12.4. The largest absolute Gasteiger partial charge is 0.497 e. The maximum Gasteiger partial charge on any atom is 0.251 e. The first kappa shape index (κ1) is 19.7. The van der Waals surface area contributed by atoms with Crippen LogP contribution in [0.25, 0.3) is 22.2 Å². The van der Waals surface area contributed by atoms with Gasteiger partial charge in [0, 0.05) is 29.1 Å². The Bertz CT molecular complexity index is 969. The number of amides is 1. The average Bonchev–Trinajstić information content (AvgIpc) is 2.73. The third-order valence-corrected chi connectivity index (χ3v) is 4.51. The lowest BCUT2D eigenvalue weighted by molar-refractivity contribution is 0.0953. The predicted molar refractivity (Wildman–Crippen MR) is 112 cm³/mol. The second-order valence-corrected chi connectivity index (χ2v) is 6.51. The molecule has 0 bridgehead atoms. The Morgan fingerprint density at radius 2 is 1.96 bits per heavy atom. The van der Waals surface area contributed by atoms with E-state index in [0.29, 0.717) is 24.5 Å². The molecule has 0 aliphatic rings. The molecule has 28 heavy (non-hydrogen) atoms. The van der Waals surface area contributed by atoms with E-state index in [-0.39, 0.29) is 5.91 Å². The number of ether oxygens (including phenoxy) is 2. The monoisotopic (exact) mass is 378 g/mol. The molecule has 1 aromatic heterocycles. The van der Waals surface area contributed by atoms with Crippen molar-refractivity contribution in [1.82, 2.24) is 10.3 Å². The van der Waals surface area contributed by atoms with Gasteiger partial charge in [0.05, 0.1) is 24.9 Å². The quantitative estimate of drug-likeness (QED) is 0.570. The number of carbonyl (C=O) groups is 1. The molecule has 0 spiro atoms. The minimum atomic E-state index is -0.0744. The van der Waals surface area contributed by atoms with Gasteiger partial charge in [0.25, 0.3) is 5.91 Å². The van der Waals surface area contributed by atoms with E-state index in [2.05, 4.69) is 12.2 Å². The van der Waals surface area contributed by atoms with Crippen LogP contribution < -0.4 is 14.8 Å². The van der Waals surface area contributed by atoms with Crippen LogP contribution in [0.2, 0.25) is 0 Å². The van der Waals surface area contributed by atoms with Gasteiger partial charge in [-0.05, 0) is 43.7 Å². The van der Waals surface area contributed by atoms with Crippen LogP contribution in [0.4, 0.5) is 0 Å². The number of hydrogen-bond donors (Lipinski definition) is 1. The Kier molecular flexibility index (Phi) is 6.48. The maximum atomic E-state index is 12.4. The molecule has 146 valence electrons. The lowest BCUT2D eigenvalue weighted by Gasteiger charge is -2.12. The molecule has 3 aromatic rings. The lowest BCUT2D eigenvalue weighted by Crippen LogP contribution is -2.24. The summed E-state index contributed by atoms with van der Waals surface area (Å²) in [6.45, 7) is 5.25. The molecule has 0 aliphatic carbocycles. The van der Waals surface area contributed by atoms with E-state index in [1.807, 2.05) is 55.5 Å². The van der Waals surface area contributed by atoms with Crippen LogP contribution in [-0.2, 0) is 0 Å². The van der Waals surface area contributed by atoms with Crippen molar-refractivity contribution in [1.29, 1.82) is 0 Å². The molecule has 0 fully saturated rings. The van der Waals surface area contributed by atoms with Crippen molar-refractivity contribution in [3.05, 3.63) is 54.1 Å². The van der Waals surface area contributed by atoms with Crippen LogP contribution in [0.1, 0.15) is 37.0 Å². The molecule has 5 heteroatoms. The van der Waals surface area contributed by atoms with Crippen LogP contribution in [0, 0.1) is 0 Å². The summed E-state index contributed by atoms with van der Waals surface area (Å²) in [4.78, 5) is 17.2. The summed E-state index contributed by atoms with van der Waals surface area (Å²) in [6, 6.07) is 15.2. The first-order valence-electron chi connectivity index (χ1n) is 9.66. The van der Waals surface area contributed by atoms with Crippen LogP contribution in [0.15, 0.2) is 48.5 Å². The van der Waals surface area contributed by atoms with Crippen molar-refractivity contribution in [2.75, 3.05) is 20.3 Å². The highest BCUT2D eigenvalue weighted by molar-refractivity contribution is 5.99. The van der Waals surface area contributed by atoms with Crippen molar-refractivity contribution in [3.8, 4) is 22.8 Å². The molecule has 0 saturated heterocycles. The number of nitrogens with zero attached hydrogens (tertiary/aromatic N) is 1. The summed E-state index contributed by atoms with van der Waals surface area (Å²) in [5.74, 6) is 1.42. The number of methoxy groups -OCH3 is 1. The van der Waals surface area contributed by atoms with Gasteiger partial charge in [0.2, 0.25) is 0 Å². The van der Waals surface area contributed by atoms with Crippen molar-refractivity contribution in [2.45, 2.75) is 26.7 Å². The van der Waals surface area contributed by atoms with Gasteiger partial charge in [-0.2, -0.15) is 0 Å². The van der Waals surface area contributed by atoms with Gasteiger partial charge in [-0.1, -0.05) is 25.5 Å². The highest BCUT2D eigenvalue weighted by atomic mass is 16.5. The van der Waals surface area contributed by atoms with Crippen LogP contribution in [-0.4, -0.2) is 31.2 Å². The van der Waals surface area contributed by atoms with E-state index in [1.54, 1.807) is 7.11 Å². The smallest absolute Gasteiger partial charge is 0.251 e. The fraction of sp³-hybridized carbons (Fsp3) is 0.304. The average molecular weight is 378 g/mol. The molecule has 5 nitrogen and oxygen atoms in total. The van der Waals surface area contributed by atoms with E-state index in [4.69, 9.17) is 14.5 Å². The zero-order chi connectivity index (χ0) is 19.9. The van der Waals surface area contributed by atoms with Crippen molar-refractivity contribution in [3.63, 3.8) is 0 Å². The summed E-state index contributed by atoms with van der Waals surface area (Å²) >= 11 is 0. The predicted octanol–water partition coefficient (Wildman–Crippen LogP) is 4.84. The highest BCUT2D eigenvalue weighted by Crippen LogP contribution is 2.32. The number of unbranched alkanes of at least 4 members (excludes halogenated alkanes) is 1. The number of nitrogens with one attached hydrogen (secondary N) is 1. The summed E-state index contributed by atoms with van der Waals surface area (Å²) in [6.07, 6.45) is 2.01. The Labute approximate surface area is 165 Å². The molecule has 0 aliphatic heterocycles. The van der Waals surface area contributed by atoms with Crippen LogP contribution >= 0.6 is 0 Å². The fourth-order valence-corrected chi connectivity index (χ4v) is 3.02. The Morgan fingerprint density at radius 1 is 1.11 bits per heavy atom. The number of pyridine rings is 1. The topological polar surface area (TPSA) is 60.5 Å². The van der Waals surface area contributed by atoms with E-state index < -0.39 is 0 Å². The third-order valence-electron chi connectivity index (χ3n) is 4.51. The third kappa shape index (κ3) is 4.42. The minimum Gasteiger partial charge on any atom is -0.497 e. The van der Waals surface area contributed by atoms with Crippen molar-refractivity contribution >= 4 is 16.8 Å². The second kappa shape index (κ2) is 9.22. The van der Waals surface area contributed by atoms with Crippen LogP contribution in [0.5, 0.6) is 11.5 Å². The van der Waals surface area contributed by atoms with Crippen LogP contribution in [0.3, 0.4) is 0 Å². The summed E-state index contributed by atoms with van der Waals surface area (Å²) < 4.78 is 11.2. The zero-order valence-electron chi connectivity index (χ0n) is 16.6. The Hall–Kier alpha value is -3.08. The van der Waals surface area contributed by atoms with Crippen molar-refractivity contribution in [2.24, 2.45) is 0 Å². The van der Waals surface area contributed by atoms with Gasteiger partial charge < -0.3 is 14.8 Å². The van der Waals surface area contributed by atoms with Gasteiger partial charge in [0.1, 0.15) is 11.5 Å². The molecule has 3 rings (SSSR count). The molecule has 0 atom stereocenters. The molecular weight excluding hydrogens is 352 g/mol. The molecule has 1 heterocycles.